The topological polar surface area (TPSA) is 90.0 Å². The molecule has 0 radical (unpaired) electrons. The minimum absolute atomic E-state index is 0.330. The molecule has 0 bridgehead atoms. The van der Waals surface area contributed by atoms with Crippen molar-refractivity contribution in [1.82, 2.24) is 9.78 Å². The van der Waals surface area contributed by atoms with E-state index in [0.717, 1.165) is 4.68 Å². The third-order valence-corrected chi connectivity index (χ3v) is 2.22. The molecular weight excluding hydrogens is 208 g/mol. The molecule has 88 valence electrons. The molecule has 16 heavy (non-hydrogen) atoms. The SMILES string of the molecule is CCNc1cnn(C(CC)C(N)=O)c(=O)c1. The number of hydrogen-bond donors (Lipinski definition) is 2. The van der Waals surface area contributed by atoms with Crippen LogP contribution in [0.15, 0.2) is 17.1 Å². The highest BCUT2D eigenvalue weighted by molar-refractivity contribution is 5.78. The maximum absolute atomic E-state index is 11.7. The summed E-state index contributed by atoms with van der Waals surface area (Å²) in [5, 5.41) is 6.90. The maximum Gasteiger partial charge on any atom is 0.269 e. The summed E-state index contributed by atoms with van der Waals surface area (Å²) >= 11 is 0. The van der Waals surface area contributed by atoms with Crippen LogP contribution in [-0.2, 0) is 4.79 Å². The van der Waals surface area contributed by atoms with Gasteiger partial charge in [0, 0.05) is 12.6 Å². The molecule has 0 aliphatic heterocycles. The highest BCUT2D eigenvalue weighted by Gasteiger charge is 2.17. The number of nitrogens with two attached hydrogens (primary N) is 1. The molecule has 6 heteroatoms. The van der Waals surface area contributed by atoms with Gasteiger partial charge in [-0.2, -0.15) is 5.10 Å². The molecule has 1 rings (SSSR count). The molecule has 1 amide bonds. The average molecular weight is 224 g/mol. The van der Waals surface area contributed by atoms with Gasteiger partial charge >= 0.3 is 0 Å². The largest absolute Gasteiger partial charge is 0.384 e. The van der Waals surface area contributed by atoms with E-state index < -0.39 is 11.9 Å². The van der Waals surface area contributed by atoms with Gasteiger partial charge in [-0.1, -0.05) is 6.92 Å². The number of rotatable bonds is 5. The van der Waals surface area contributed by atoms with E-state index in [0.29, 0.717) is 18.7 Å². The molecule has 1 unspecified atom stereocenters. The van der Waals surface area contributed by atoms with Crippen molar-refractivity contribution < 1.29 is 4.79 Å². The standard InChI is InChI=1S/C10H16N4O2/c1-3-8(10(11)16)14-9(15)5-7(6-13-14)12-4-2/h5-6,8,12H,3-4H2,1-2H3,(H2,11,16). The Morgan fingerprint density at radius 2 is 2.31 bits per heavy atom. The van der Waals surface area contributed by atoms with Crippen LogP contribution in [0.4, 0.5) is 5.69 Å². The fraction of sp³-hybridized carbons (Fsp3) is 0.500. The lowest BCUT2D eigenvalue weighted by Gasteiger charge is -2.13. The molecule has 6 nitrogen and oxygen atoms in total. The molecule has 0 aromatic carbocycles. The molecule has 0 aliphatic rings. The highest BCUT2D eigenvalue weighted by Crippen LogP contribution is 2.07. The molecule has 1 aromatic heterocycles. The lowest BCUT2D eigenvalue weighted by Crippen LogP contribution is -2.35. The second kappa shape index (κ2) is 5.29. The number of amides is 1. The zero-order chi connectivity index (χ0) is 12.1. The first-order valence-electron chi connectivity index (χ1n) is 5.22. The molecular formula is C10H16N4O2. The molecule has 0 fully saturated rings. The predicted octanol–water partition coefficient (Wildman–Crippen LogP) is 0.111. The Morgan fingerprint density at radius 1 is 1.62 bits per heavy atom. The number of primary amides is 1. The maximum atomic E-state index is 11.7. The number of hydrogen-bond acceptors (Lipinski definition) is 4. The number of nitrogens with one attached hydrogen (secondary N) is 1. The molecule has 0 saturated heterocycles. The molecule has 1 heterocycles. The number of anilines is 1. The third kappa shape index (κ3) is 2.59. The van der Waals surface area contributed by atoms with Crippen LogP contribution >= 0.6 is 0 Å². The lowest BCUT2D eigenvalue weighted by molar-refractivity contribution is -0.121. The summed E-state index contributed by atoms with van der Waals surface area (Å²) in [7, 11) is 0. The lowest BCUT2D eigenvalue weighted by atomic mass is 10.2. The molecule has 0 spiro atoms. The van der Waals surface area contributed by atoms with E-state index in [2.05, 4.69) is 10.4 Å². The van der Waals surface area contributed by atoms with E-state index in [4.69, 9.17) is 5.73 Å². The van der Waals surface area contributed by atoms with Crippen molar-refractivity contribution in [3.05, 3.63) is 22.6 Å². The van der Waals surface area contributed by atoms with Gasteiger partial charge in [0.2, 0.25) is 5.91 Å². The van der Waals surface area contributed by atoms with Crippen LogP contribution in [0.2, 0.25) is 0 Å². The second-order valence-corrected chi connectivity index (χ2v) is 3.38. The van der Waals surface area contributed by atoms with Crippen molar-refractivity contribution in [2.75, 3.05) is 11.9 Å². The fourth-order valence-corrected chi connectivity index (χ4v) is 1.45. The van der Waals surface area contributed by atoms with Gasteiger partial charge in [0.05, 0.1) is 11.9 Å². The summed E-state index contributed by atoms with van der Waals surface area (Å²) in [6.07, 6.45) is 1.96. The number of nitrogens with zero attached hydrogens (tertiary/aromatic N) is 2. The molecule has 0 aliphatic carbocycles. The summed E-state index contributed by atoms with van der Waals surface area (Å²) in [6.45, 7) is 4.41. The third-order valence-electron chi connectivity index (χ3n) is 2.22. The Kier molecular flexibility index (Phi) is 4.04. The fourth-order valence-electron chi connectivity index (χ4n) is 1.45. The Hall–Kier alpha value is -1.85. The van der Waals surface area contributed by atoms with E-state index in [1.165, 1.54) is 12.3 Å². The number of aromatic nitrogens is 2. The van der Waals surface area contributed by atoms with E-state index in [-0.39, 0.29) is 5.56 Å². The van der Waals surface area contributed by atoms with E-state index in [1.54, 1.807) is 6.92 Å². The van der Waals surface area contributed by atoms with Crippen LogP contribution in [0.1, 0.15) is 26.3 Å². The quantitative estimate of drug-likeness (QED) is 0.742. The van der Waals surface area contributed by atoms with Gasteiger partial charge in [-0.25, -0.2) is 4.68 Å². The van der Waals surface area contributed by atoms with Crippen LogP contribution in [0, 0.1) is 0 Å². The Labute approximate surface area is 93.5 Å². The van der Waals surface area contributed by atoms with Gasteiger partial charge in [0.15, 0.2) is 0 Å². The van der Waals surface area contributed by atoms with Gasteiger partial charge < -0.3 is 11.1 Å². The summed E-state index contributed by atoms with van der Waals surface area (Å²) < 4.78 is 1.11. The van der Waals surface area contributed by atoms with Crippen molar-refractivity contribution in [2.45, 2.75) is 26.3 Å². The minimum Gasteiger partial charge on any atom is -0.384 e. The zero-order valence-corrected chi connectivity index (χ0v) is 9.43. The van der Waals surface area contributed by atoms with Crippen molar-refractivity contribution in [3.8, 4) is 0 Å². The van der Waals surface area contributed by atoms with Gasteiger partial charge in [-0.3, -0.25) is 9.59 Å². The number of carbonyl (C=O) groups is 1. The molecule has 3 N–H and O–H groups in total. The van der Waals surface area contributed by atoms with Gasteiger partial charge in [0.1, 0.15) is 6.04 Å². The summed E-state index contributed by atoms with van der Waals surface area (Å²) in [4.78, 5) is 22.8. The summed E-state index contributed by atoms with van der Waals surface area (Å²) in [6, 6.07) is 0.727. The summed E-state index contributed by atoms with van der Waals surface area (Å²) in [5.74, 6) is -0.548. The first-order chi connectivity index (χ1) is 7.60. The predicted molar refractivity (Wildman–Crippen MR) is 61.2 cm³/mol. The van der Waals surface area contributed by atoms with Gasteiger partial charge in [-0.05, 0) is 13.3 Å². The van der Waals surface area contributed by atoms with Crippen LogP contribution < -0.4 is 16.6 Å². The monoisotopic (exact) mass is 224 g/mol. The number of carbonyl (C=O) groups excluding carboxylic acids is 1. The van der Waals surface area contributed by atoms with Crippen molar-refractivity contribution >= 4 is 11.6 Å². The molecule has 1 aromatic rings. The van der Waals surface area contributed by atoms with Crippen molar-refractivity contribution in [2.24, 2.45) is 5.73 Å². The normalized spacial score (nSPS) is 12.1. The van der Waals surface area contributed by atoms with E-state index >= 15 is 0 Å². The van der Waals surface area contributed by atoms with E-state index in [9.17, 15) is 9.59 Å². The minimum atomic E-state index is -0.678. The van der Waals surface area contributed by atoms with E-state index in [1.807, 2.05) is 6.92 Å². The highest BCUT2D eigenvalue weighted by atomic mass is 16.2. The van der Waals surface area contributed by atoms with Crippen LogP contribution in [-0.4, -0.2) is 22.2 Å². The van der Waals surface area contributed by atoms with Gasteiger partial charge in [-0.15, -0.1) is 0 Å². The smallest absolute Gasteiger partial charge is 0.269 e. The molecule has 1 atom stereocenters. The average Bonchev–Trinajstić information content (AvgIpc) is 2.22. The Morgan fingerprint density at radius 3 is 2.75 bits per heavy atom. The Bertz CT molecular complexity index is 427. The van der Waals surface area contributed by atoms with Crippen LogP contribution in [0.25, 0.3) is 0 Å². The van der Waals surface area contributed by atoms with Crippen LogP contribution in [0.5, 0.6) is 0 Å². The zero-order valence-electron chi connectivity index (χ0n) is 9.43. The second-order valence-electron chi connectivity index (χ2n) is 3.38. The van der Waals surface area contributed by atoms with Gasteiger partial charge in [0.25, 0.3) is 5.56 Å². The first-order valence-corrected chi connectivity index (χ1v) is 5.22. The van der Waals surface area contributed by atoms with Crippen molar-refractivity contribution in [1.29, 1.82) is 0 Å². The molecule has 0 saturated carbocycles. The summed E-state index contributed by atoms with van der Waals surface area (Å²) in [5.41, 5.74) is 5.50. The first kappa shape index (κ1) is 12.2. The van der Waals surface area contributed by atoms with Crippen LogP contribution in [0.3, 0.4) is 0 Å². The van der Waals surface area contributed by atoms with Crippen molar-refractivity contribution in [3.63, 3.8) is 0 Å². The Balaban J connectivity index is 3.07.